The third-order valence-electron chi connectivity index (χ3n) is 12.1. The Morgan fingerprint density at radius 3 is 1.50 bits per heavy atom. The zero-order valence-electron chi connectivity index (χ0n) is 42.4. The highest BCUT2D eigenvalue weighted by atomic mass is 35.5. The summed E-state index contributed by atoms with van der Waals surface area (Å²) < 4.78 is 52.4. The van der Waals surface area contributed by atoms with Gasteiger partial charge in [-0.1, -0.05) is 42.8 Å². The van der Waals surface area contributed by atoms with Crippen LogP contribution < -0.4 is 30.0 Å². The molecule has 4 heterocycles. The molecule has 0 spiro atoms. The monoisotopic (exact) mass is 1130 g/mol. The number of carbonyl (C=O) groups is 4. The largest absolute Gasteiger partial charge is 0.493 e. The third kappa shape index (κ3) is 16.3. The predicted molar refractivity (Wildman–Crippen MR) is 295 cm³/mol. The topological polar surface area (TPSA) is 210 Å². The zero-order valence-corrected chi connectivity index (χ0v) is 45.5. The number of carbonyl (C=O) groups excluding carboxylic acids is 3. The van der Waals surface area contributed by atoms with Crippen LogP contribution >= 0.6 is 45.9 Å². The standard InChI is InChI=1S/C27H30ClFN2O5S.C17H27FN2O3.C10H5ClO3S.CH4/c1-15(2)36-26-19(29)10-17(11-21(26)35-3)24(32)20(14-31-8-4-5-9-31)30-27(34)25(33)23-12-16-6-7-18(28)13-22(16)37-23;1-11(2)23-17-13(18)8-12(9-15(17)22-3)16(21)14(19)10-20-6-4-5-7-20;11-6-2-1-5-3-8(9(12)10(13)14)15-7(5)4-6;/h6-7,10-13,15,20,24,32H,4-5,8-9,14H2,1-3H3,(H,30,34);8-9,11,14,16,21H,4-7,10,19H2,1-3H3;1-4H,(H,13,14);1H4/t20-,24-;14-,16-;;/m11../s1. The maximum absolute atomic E-state index is 15.0. The Labute approximate surface area is 459 Å². The number of thiophene rings is 2. The summed E-state index contributed by atoms with van der Waals surface area (Å²) in [5.74, 6) is -4.70. The van der Waals surface area contributed by atoms with Gasteiger partial charge in [-0.15, -0.1) is 22.7 Å². The number of ether oxygens (including phenoxy) is 4. The van der Waals surface area contributed by atoms with Crippen molar-refractivity contribution >= 4 is 89.5 Å². The molecule has 0 aliphatic carbocycles. The van der Waals surface area contributed by atoms with E-state index in [1.54, 1.807) is 68.4 Å². The first kappa shape index (κ1) is 61.4. The third-order valence-corrected chi connectivity index (χ3v) is 14.8. The van der Waals surface area contributed by atoms with Gasteiger partial charge in [-0.25, -0.2) is 13.6 Å². The number of Topliss-reactive ketones (excluding diaryl/α,β-unsaturated/α-hetero) is 2. The smallest absolute Gasteiger partial charge is 0.378 e. The first-order valence-corrected chi connectivity index (χ1v) is 26.7. The lowest BCUT2D eigenvalue weighted by Gasteiger charge is -2.29. The number of aliphatic hydroxyl groups excluding tert-OH is 2. The van der Waals surface area contributed by atoms with Gasteiger partial charge in [0.2, 0.25) is 0 Å². The quantitative estimate of drug-likeness (QED) is 0.0378. The minimum Gasteiger partial charge on any atom is -0.493 e. The van der Waals surface area contributed by atoms with Crippen molar-refractivity contribution in [2.75, 3.05) is 53.5 Å². The first-order valence-electron chi connectivity index (χ1n) is 24.3. The van der Waals surface area contributed by atoms with E-state index in [2.05, 4.69) is 15.1 Å². The highest BCUT2D eigenvalue weighted by molar-refractivity contribution is 7.22. The molecule has 2 saturated heterocycles. The number of amides is 1. The van der Waals surface area contributed by atoms with E-state index in [-0.39, 0.29) is 58.0 Å². The summed E-state index contributed by atoms with van der Waals surface area (Å²) in [5, 5.41) is 35.7. The molecule has 1 amide bonds. The van der Waals surface area contributed by atoms with Crippen molar-refractivity contribution in [1.82, 2.24) is 15.1 Å². The fourth-order valence-corrected chi connectivity index (χ4v) is 11.1. The van der Waals surface area contributed by atoms with E-state index >= 15 is 0 Å². The second-order valence-electron chi connectivity index (χ2n) is 18.6. The van der Waals surface area contributed by atoms with Crippen LogP contribution in [0, 0.1) is 11.6 Å². The maximum Gasteiger partial charge on any atom is 0.378 e. The van der Waals surface area contributed by atoms with E-state index in [4.69, 9.17) is 53.0 Å². The number of rotatable bonds is 19. The second-order valence-corrected chi connectivity index (χ2v) is 21.6. The number of hydrogen-bond acceptors (Lipinski definition) is 15. The number of carboxylic acid groups (broad SMARTS) is 1. The number of benzene rings is 4. The molecule has 15 nitrogen and oxygen atoms in total. The Balaban J connectivity index is 0.000000232. The molecule has 6 N–H and O–H groups in total. The van der Waals surface area contributed by atoms with Crippen LogP contribution in [0.15, 0.2) is 72.8 Å². The minimum atomic E-state index is -1.44. The Morgan fingerprint density at radius 1 is 0.658 bits per heavy atom. The summed E-state index contributed by atoms with van der Waals surface area (Å²) in [5.41, 5.74) is 6.72. The van der Waals surface area contributed by atoms with Gasteiger partial charge in [0.25, 0.3) is 17.5 Å². The van der Waals surface area contributed by atoms with Gasteiger partial charge in [-0.3, -0.25) is 14.4 Å². The molecule has 76 heavy (non-hydrogen) atoms. The highest BCUT2D eigenvalue weighted by Crippen LogP contribution is 2.37. The van der Waals surface area contributed by atoms with Crippen LogP contribution in [0.25, 0.3) is 20.2 Å². The van der Waals surface area contributed by atoms with Crippen LogP contribution in [-0.4, -0.2) is 126 Å². The zero-order chi connectivity index (χ0) is 54.7. The van der Waals surface area contributed by atoms with E-state index in [9.17, 15) is 38.2 Å². The van der Waals surface area contributed by atoms with Crippen LogP contribution in [0.2, 0.25) is 10.0 Å². The van der Waals surface area contributed by atoms with E-state index in [1.807, 2.05) is 13.8 Å². The van der Waals surface area contributed by atoms with E-state index in [0.717, 1.165) is 83.4 Å². The fraction of sp³-hybridized carbons (Fsp3) is 0.418. The van der Waals surface area contributed by atoms with E-state index in [1.165, 1.54) is 43.8 Å². The summed E-state index contributed by atoms with van der Waals surface area (Å²) in [6.07, 6.45) is 1.62. The summed E-state index contributed by atoms with van der Waals surface area (Å²) in [6.45, 7) is 11.7. The molecule has 2 aromatic heterocycles. The second kappa shape index (κ2) is 28.2. The number of likely N-dealkylation sites (tertiary alicyclic amines) is 2. The van der Waals surface area contributed by atoms with Crippen molar-refractivity contribution in [2.24, 2.45) is 5.73 Å². The number of nitrogens with zero attached hydrogens (tertiary/aromatic N) is 2. The van der Waals surface area contributed by atoms with Gasteiger partial charge in [0.15, 0.2) is 34.6 Å². The SMILES string of the molecule is C.COc1cc([C@@H](O)[C@@H](CN2CCCC2)NC(=O)C(=O)c2cc3ccc(Cl)cc3s2)cc(F)c1OC(C)C.COc1cc([C@@H](O)[C@H](N)CN2CCCC2)cc(F)c1OC(C)C.O=C(O)C(=O)c1cc2ccc(Cl)cc2s1. The van der Waals surface area contributed by atoms with Crippen molar-refractivity contribution in [2.45, 2.75) is 97.3 Å². The van der Waals surface area contributed by atoms with Gasteiger partial charge in [0.1, 0.15) is 6.10 Å². The Hall–Kier alpha value is -5.48. The summed E-state index contributed by atoms with van der Waals surface area (Å²) in [7, 11) is 2.83. The molecule has 4 atom stereocenters. The molecule has 2 aliphatic heterocycles. The number of aliphatic hydroxyl groups is 2. The molecule has 4 aromatic carbocycles. The molecular formula is C55H66Cl2F2N4O11S2. The van der Waals surface area contributed by atoms with Crippen molar-refractivity contribution in [3.05, 3.63) is 115 Å². The lowest BCUT2D eigenvalue weighted by atomic mass is 10.00. The lowest BCUT2D eigenvalue weighted by molar-refractivity contribution is -0.131. The normalized spacial score (nSPS) is 15.2. The minimum absolute atomic E-state index is 0. The van der Waals surface area contributed by atoms with E-state index in [0.29, 0.717) is 28.7 Å². The maximum atomic E-state index is 15.0. The summed E-state index contributed by atoms with van der Waals surface area (Å²) >= 11 is 14.1. The number of ketones is 2. The van der Waals surface area contributed by atoms with Crippen LogP contribution in [-0.2, 0) is 9.59 Å². The molecule has 412 valence electrons. The molecule has 2 fully saturated rings. The molecule has 0 bridgehead atoms. The average molecular weight is 1130 g/mol. The van der Waals surface area contributed by atoms with Gasteiger partial charge in [-0.05, 0) is 162 Å². The first-order chi connectivity index (χ1) is 35.6. The fourth-order valence-electron chi connectivity index (χ4n) is 8.52. The Bertz CT molecular complexity index is 2960. The van der Waals surface area contributed by atoms with Gasteiger partial charge in [0.05, 0.1) is 48.3 Å². The Morgan fingerprint density at radius 2 is 1.08 bits per heavy atom. The number of hydrogen-bond donors (Lipinski definition) is 5. The highest BCUT2D eigenvalue weighted by Gasteiger charge is 2.32. The Kier molecular flexibility index (Phi) is 22.8. The van der Waals surface area contributed by atoms with Crippen LogP contribution in [0.4, 0.5) is 8.78 Å². The van der Waals surface area contributed by atoms with Gasteiger partial charge in [-0.2, -0.15) is 0 Å². The number of nitrogens with two attached hydrogens (primary N) is 1. The van der Waals surface area contributed by atoms with Crippen molar-refractivity contribution in [3.63, 3.8) is 0 Å². The number of fused-ring (bicyclic) bond motifs is 2. The van der Waals surface area contributed by atoms with Crippen molar-refractivity contribution < 1.29 is 62.2 Å². The van der Waals surface area contributed by atoms with Gasteiger partial charge in [0, 0.05) is 38.6 Å². The molecule has 0 radical (unpaired) electrons. The molecular weight excluding hydrogens is 1070 g/mol. The molecule has 6 aromatic rings. The van der Waals surface area contributed by atoms with Crippen LogP contribution in [0.1, 0.15) is 103 Å². The van der Waals surface area contributed by atoms with Crippen molar-refractivity contribution in [1.29, 1.82) is 0 Å². The number of aliphatic carboxylic acids is 1. The van der Waals surface area contributed by atoms with Gasteiger partial charge < -0.3 is 55.1 Å². The summed E-state index contributed by atoms with van der Waals surface area (Å²) in [4.78, 5) is 52.5. The molecule has 2 aliphatic rings. The number of halogens is 4. The number of methoxy groups -OCH3 is 2. The van der Waals surface area contributed by atoms with Crippen molar-refractivity contribution in [3.8, 4) is 23.0 Å². The average Bonchev–Trinajstić information content (AvgIpc) is 4.23. The number of carboxylic acids is 1. The van der Waals surface area contributed by atoms with Gasteiger partial charge >= 0.3 is 5.97 Å². The lowest BCUT2D eigenvalue weighted by Crippen LogP contribution is -2.48. The van der Waals surface area contributed by atoms with Crippen LogP contribution in [0.5, 0.6) is 23.0 Å². The van der Waals surface area contributed by atoms with Crippen LogP contribution in [0.3, 0.4) is 0 Å². The molecule has 0 unspecified atom stereocenters. The summed E-state index contributed by atoms with van der Waals surface area (Å²) in [6, 6.07) is 17.8. The molecule has 21 heteroatoms. The molecule has 8 rings (SSSR count). The van der Waals surface area contributed by atoms with E-state index < -0.39 is 59.4 Å². The molecule has 0 saturated carbocycles. The predicted octanol–water partition coefficient (Wildman–Crippen LogP) is 10.5. The number of nitrogens with one attached hydrogen (secondary N) is 1.